The second-order valence-corrected chi connectivity index (χ2v) is 4.33. The van der Waals surface area contributed by atoms with Crippen LogP contribution in [0, 0.1) is 6.42 Å². The van der Waals surface area contributed by atoms with Gasteiger partial charge in [-0.25, -0.2) is 0 Å². The minimum Gasteiger partial charge on any atom is -0.0654 e. The Morgan fingerprint density at radius 2 is 1.80 bits per heavy atom. The lowest BCUT2D eigenvalue weighted by Gasteiger charge is -2.09. The molecule has 1 aromatic rings. The highest BCUT2D eigenvalue weighted by atomic mass is 14.1. The summed E-state index contributed by atoms with van der Waals surface area (Å²) in [5, 5.41) is 0. The van der Waals surface area contributed by atoms with Crippen molar-refractivity contribution >= 4 is 0 Å². The van der Waals surface area contributed by atoms with Gasteiger partial charge in [-0.3, -0.25) is 0 Å². The molecule has 0 aliphatic rings. The predicted octanol–water partition coefficient (Wildman–Crippen LogP) is 4.75. The molecule has 0 fully saturated rings. The van der Waals surface area contributed by atoms with Gasteiger partial charge in [-0.1, -0.05) is 57.9 Å². The number of hydrogen-bond donors (Lipinski definition) is 0. The van der Waals surface area contributed by atoms with Crippen LogP contribution in [0.5, 0.6) is 0 Å². The van der Waals surface area contributed by atoms with Crippen molar-refractivity contribution in [1.29, 1.82) is 0 Å². The van der Waals surface area contributed by atoms with E-state index in [1.807, 2.05) is 0 Å². The topological polar surface area (TPSA) is 0 Å². The summed E-state index contributed by atoms with van der Waals surface area (Å²) in [5.41, 5.74) is 2.91. The van der Waals surface area contributed by atoms with Crippen LogP contribution in [0.15, 0.2) is 24.3 Å². The Hall–Kier alpha value is -0.780. The zero-order chi connectivity index (χ0) is 11.1. The zero-order valence-electron chi connectivity index (χ0n) is 10.3. The average Bonchev–Trinajstić information content (AvgIpc) is 2.29. The summed E-state index contributed by atoms with van der Waals surface area (Å²) >= 11 is 0. The summed E-state index contributed by atoms with van der Waals surface area (Å²) in [5.74, 6) is 0.693. The van der Waals surface area contributed by atoms with E-state index >= 15 is 0 Å². The lowest BCUT2D eigenvalue weighted by molar-refractivity contribution is 0.733. The highest BCUT2D eigenvalue weighted by Gasteiger charge is 2.01. The fourth-order valence-corrected chi connectivity index (χ4v) is 1.69. The maximum Gasteiger partial charge on any atom is -0.0193 e. The minimum atomic E-state index is 0.693. The van der Waals surface area contributed by atoms with E-state index in [0.29, 0.717) is 5.92 Å². The van der Waals surface area contributed by atoms with E-state index in [-0.39, 0.29) is 0 Å². The quantitative estimate of drug-likeness (QED) is 0.585. The molecule has 83 valence electrons. The molecule has 0 aliphatic heterocycles. The van der Waals surface area contributed by atoms with Crippen LogP contribution in [0.25, 0.3) is 0 Å². The van der Waals surface area contributed by atoms with Gasteiger partial charge in [-0.15, -0.1) is 0 Å². The molecule has 0 heterocycles. The van der Waals surface area contributed by atoms with Gasteiger partial charge in [-0.2, -0.15) is 0 Å². The van der Waals surface area contributed by atoms with Gasteiger partial charge in [0.2, 0.25) is 0 Å². The molecule has 0 heteroatoms. The van der Waals surface area contributed by atoms with Gasteiger partial charge in [0.25, 0.3) is 0 Å². The highest BCUT2D eigenvalue weighted by Crippen LogP contribution is 2.19. The Labute approximate surface area is 94.7 Å². The van der Waals surface area contributed by atoms with Crippen molar-refractivity contribution in [1.82, 2.24) is 0 Å². The predicted molar refractivity (Wildman–Crippen MR) is 68.1 cm³/mol. The van der Waals surface area contributed by atoms with Crippen molar-refractivity contribution in [3.8, 4) is 0 Å². The van der Waals surface area contributed by atoms with Crippen molar-refractivity contribution in [2.24, 2.45) is 0 Å². The molecule has 1 rings (SSSR count). The van der Waals surface area contributed by atoms with Crippen molar-refractivity contribution in [3.05, 3.63) is 41.8 Å². The van der Waals surface area contributed by atoms with Crippen molar-refractivity contribution in [2.75, 3.05) is 0 Å². The van der Waals surface area contributed by atoms with Crippen LogP contribution in [-0.2, 0) is 6.42 Å². The Morgan fingerprint density at radius 1 is 1.13 bits per heavy atom. The van der Waals surface area contributed by atoms with E-state index in [9.17, 15) is 0 Å². The number of benzene rings is 1. The summed E-state index contributed by atoms with van der Waals surface area (Å²) in [4.78, 5) is 0. The van der Waals surface area contributed by atoms with E-state index < -0.39 is 0 Å². The van der Waals surface area contributed by atoms with E-state index in [1.54, 1.807) is 0 Å². The molecular weight excluding hydrogens is 180 g/mol. The average molecular weight is 203 g/mol. The minimum absolute atomic E-state index is 0.693. The number of rotatable bonds is 6. The van der Waals surface area contributed by atoms with Gasteiger partial charge in [0.05, 0.1) is 0 Å². The van der Waals surface area contributed by atoms with Crippen molar-refractivity contribution in [2.45, 2.75) is 52.4 Å². The third-order valence-electron chi connectivity index (χ3n) is 3.03. The first-order valence-corrected chi connectivity index (χ1v) is 6.18. The SMILES string of the molecule is CCC[CH]Cc1ccc(C(C)CC)cc1. The largest absolute Gasteiger partial charge is 0.0654 e. The standard InChI is InChI=1S/C15H23/c1-4-6-7-8-14-9-11-15(12-10-14)13(3)5-2/h7,9-13H,4-6,8H2,1-3H3. The molecule has 1 atom stereocenters. The summed E-state index contributed by atoms with van der Waals surface area (Å²) in [6.45, 7) is 6.76. The van der Waals surface area contributed by atoms with Gasteiger partial charge < -0.3 is 0 Å². The molecule has 0 aliphatic carbocycles. The van der Waals surface area contributed by atoms with Gasteiger partial charge in [0.15, 0.2) is 0 Å². The van der Waals surface area contributed by atoms with Gasteiger partial charge in [0.1, 0.15) is 0 Å². The third kappa shape index (κ3) is 4.07. The van der Waals surface area contributed by atoms with E-state index in [0.717, 1.165) is 6.42 Å². The number of unbranched alkanes of at least 4 members (excludes halogenated alkanes) is 2. The maximum absolute atomic E-state index is 2.37. The third-order valence-corrected chi connectivity index (χ3v) is 3.03. The first kappa shape index (κ1) is 12.3. The number of hydrogen-bond acceptors (Lipinski definition) is 0. The van der Waals surface area contributed by atoms with Crippen LogP contribution in [-0.4, -0.2) is 0 Å². The first-order valence-electron chi connectivity index (χ1n) is 6.18. The fourth-order valence-electron chi connectivity index (χ4n) is 1.69. The zero-order valence-corrected chi connectivity index (χ0v) is 10.3. The van der Waals surface area contributed by atoms with Gasteiger partial charge >= 0.3 is 0 Å². The van der Waals surface area contributed by atoms with E-state index in [4.69, 9.17) is 0 Å². The normalized spacial score (nSPS) is 12.7. The Balaban J connectivity index is 2.49. The lowest BCUT2D eigenvalue weighted by atomic mass is 9.96. The molecular formula is C15H23. The Kier molecular flexibility index (Phi) is 5.45. The van der Waals surface area contributed by atoms with E-state index in [1.165, 1.54) is 30.4 Å². The van der Waals surface area contributed by atoms with Crippen molar-refractivity contribution < 1.29 is 0 Å². The second kappa shape index (κ2) is 6.66. The summed E-state index contributed by atoms with van der Waals surface area (Å²) in [6.07, 6.45) is 7.20. The molecule has 0 spiro atoms. The molecule has 0 nitrogen and oxygen atoms in total. The molecule has 0 bridgehead atoms. The van der Waals surface area contributed by atoms with Crippen LogP contribution in [0.3, 0.4) is 0 Å². The van der Waals surface area contributed by atoms with Crippen LogP contribution in [0.4, 0.5) is 0 Å². The molecule has 15 heavy (non-hydrogen) atoms. The van der Waals surface area contributed by atoms with Crippen LogP contribution >= 0.6 is 0 Å². The van der Waals surface area contributed by atoms with Crippen LogP contribution in [0.1, 0.15) is 57.1 Å². The summed E-state index contributed by atoms with van der Waals surface area (Å²) in [7, 11) is 0. The van der Waals surface area contributed by atoms with Gasteiger partial charge in [-0.05, 0) is 36.3 Å². The molecule has 0 aromatic heterocycles. The monoisotopic (exact) mass is 203 g/mol. The Morgan fingerprint density at radius 3 is 2.33 bits per heavy atom. The highest BCUT2D eigenvalue weighted by molar-refractivity contribution is 5.25. The molecule has 1 unspecified atom stereocenters. The lowest BCUT2D eigenvalue weighted by Crippen LogP contribution is -1.92. The first-order chi connectivity index (χ1) is 7.27. The molecule has 0 saturated heterocycles. The maximum atomic E-state index is 2.37. The van der Waals surface area contributed by atoms with E-state index in [2.05, 4.69) is 51.5 Å². The van der Waals surface area contributed by atoms with Gasteiger partial charge in [0, 0.05) is 0 Å². The second-order valence-electron chi connectivity index (χ2n) is 4.33. The summed E-state index contributed by atoms with van der Waals surface area (Å²) < 4.78 is 0. The molecule has 1 radical (unpaired) electrons. The molecule has 0 saturated carbocycles. The molecule has 0 amide bonds. The van der Waals surface area contributed by atoms with Crippen molar-refractivity contribution in [3.63, 3.8) is 0 Å². The van der Waals surface area contributed by atoms with Crippen LogP contribution in [0.2, 0.25) is 0 Å². The van der Waals surface area contributed by atoms with Crippen LogP contribution < -0.4 is 0 Å². The molecule has 0 N–H and O–H groups in total. The smallest absolute Gasteiger partial charge is 0.0193 e. The fraction of sp³-hybridized carbons (Fsp3) is 0.533. The Bertz CT molecular complexity index is 258. The summed E-state index contributed by atoms with van der Waals surface area (Å²) in [6, 6.07) is 9.11. The molecule has 1 aromatic carbocycles.